The second-order valence-corrected chi connectivity index (χ2v) is 6.92. The largest absolute Gasteiger partial charge is 2.00 e. The third-order valence-corrected chi connectivity index (χ3v) is 5.06. The Morgan fingerprint density at radius 1 is 0.636 bits per heavy atom. The predicted octanol–water partition coefficient (Wildman–Crippen LogP) is 3.95. The molecule has 0 saturated heterocycles. The maximum absolute atomic E-state index is 14.5. The van der Waals surface area contributed by atoms with Crippen LogP contribution in [-0.4, -0.2) is 57.7 Å². The summed E-state index contributed by atoms with van der Waals surface area (Å²) in [5.41, 5.74) is -2.30. The van der Waals surface area contributed by atoms with E-state index in [1.54, 1.807) is 23.6 Å². The second-order valence-electron chi connectivity index (χ2n) is 6.19. The summed E-state index contributed by atoms with van der Waals surface area (Å²) in [5.74, 6) is -10.7. The van der Waals surface area contributed by atoms with Gasteiger partial charge in [0.05, 0.1) is 11.3 Å². The van der Waals surface area contributed by atoms with E-state index in [1.807, 2.05) is 13.8 Å². The molecule has 0 aliphatic rings. The molecule has 1 rings (SSSR count). The van der Waals surface area contributed by atoms with Gasteiger partial charge in [-0.25, -0.2) is 22.0 Å². The van der Waals surface area contributed by atoms with E-state index < -0.39 is 40.4 Å². The van der Waals surface area contributed by atoms with Gasteiger partial charge in [-0.1, -0.05) is 0 Å². The summed E-state index contributed by atoms with van der Waals surface area (Å²) >= 11 is 10.2. The van der Waals surface area contributed by atoms with Crippen molar-refractivity contribution in [1.82, 2.24) is 9.80 Å². The molecule has 0 aliphatic carbocycles. The summed E-state index contributed by atoms with van der Waals surface area (Å²) in [7, 11) is 0. The third-order valence-electron chi connectivity index (χ3n) is 4.38. The van der Waals surface area contributed by atoms with E-state index in [-0.39, 0.29) is 33.1 Å². The van der Waals surface area contributed by atoms with Crippen molar-refractivity contribution in [2.75, 3.05) is 26.2 Å². The van der Waals surface area contributed by atoms with Gasteiger partial charge in [0, 0.05) is 36.5 Å². The Kier molecular flexibility index (Phi) is 13.6. The monoisotopic (exact) mass is 557 g/mol. The summed E-state index contributed by atoms with van der Waals surface area (Å²) in [4.78, 5) is 3.27. The summed E-state index contributed by atoms with van der Waals surface area (Å²) < 4.78 is 70.0. The molecule has 0 saturated carbocycles. The smallest absolute Gasteiger partial charge is 0.741 e. The molecule has 0 bridgehead atoms. The SMILES string of the molecule is CCN(CC)/C([S-])=N/N=C(C)/C(=N/N=C(\[S-])N(CC)CC)c1c(F)c(F)c(F)c(F)c1F.[Cu+2]. The molecule has 6 nitrogen and oxygen atoms in total. The Bertz CT molecular complexity index is 918. The number of benzene rings is 1. The molecule has 1 aromatic carbocycles. The van der Waals surface area contributed by atoms with Crippen LogP contribution in [0.4, 0.5) is 22.0 Å². The van der Waals surface area contributed by atoms with Crippen LogP contribution in [0.5, 0.6) is 0 Å². The number of rotatable bonds is 8. The molecule has 0 spiro atoms. The van der Waals surface area contributed by atoms with E-state index in [0.717, 1.165) is 0 Å². The standard InChI is InChI=1S/C19H25F5N6S2.Cu/c1-6-29(7-2)18(31)27-25-10(5)17(26-28-19(32)30(8-3)9-4)11-12(20)14(22)16(24)15(23)13(11)21;/h6-9H2,1-5H3,(H,27,31)(H,28,32);/q;+2/p-2/b25-10+,26-17-;. The van der Waals surface area contributed by atoms with E-state index in [2.05, 4.69) is 20.4 Å². The third kappa shape index (κ3) is 7.56. The Morgan fingerprint density at radius 3 is 1.33 bits per heavy atom. The zero-order valence-corrected chi connectivity index (χ0v) is 21.1. The van der Waals surface area contributed by atoms with Crippen LogP contribution in [0, 0.1) is 29.1 Å². The molecule has 0 N–H and O–H groups in total. The Balaban J connectivity index is 0.0000102. The zero-order valence-electron chi connectivity index (χ0n) is 18.5. The number of amidine groups is 2. The van der Waals surface area contributed by atoms with Gasteiger partial charge in [0.15, 0.2) is 23.3 Å². The first kappa shape index (κ1) is 31.1. The van der Waals surface area contributed by atoms with E-state index in [4.69, 9.17) is 25.3 Å². The average molecular weight is 558 g/mol. The minimum Gasteiger partial charge on any atom is -0.741 e. The maximum atomic E-state index is 14.5. The van der Waals surface area contributed by atoms with Gasteiger partial charge in [0.1, 0.15) is 5.71 Å². The van der Waals surface area contributed by atoms with Crippen LogP contribution in [0.3, 0.4) is 0 Å². The van der Waals surface area contributed by atoms with Gasteiger partial charge in [0.25, 0.3) is 0 Å². The van der Waals surface area contributed by atoms with Crippen molar-refractivity contribution in [2.45, 2.75) is 34.6 Å². The molecule has 0 heterocycles. The summed E-state index contributed by atoms with van der Waals surface area (Å²) in [5, 5.41) is 15.0. The molecule has 33 heavy (non-hydrogen) atoms. The zero-order chi connectivity index (χ0) is 24.6. The van der Waals surface area contributed by atoms with Crippen molar-refractivity contribution in [3.8, 4) is 0 Å². The van der Waals surface area contributed by atoms with Crippen molar-refractivity contribution in [1.29, 1.82) is 0 Å². The van der Waals surface area contributed by atoms with Crippen molar-refractivity contribution < 1.29 is 39.0 Å². The molecule has 14 heteroatoms. The average Bonchev–Trinajstić information content (AvgIpc) is 2.78. The minimum absolute atomic E-state index is 0. The Hall–Kier alpha value is -1.89. The molecule has 1 aromatic rings. The molecule has 0 aliphatic heterocycles. The van der Waals surface area contributed by atoms with E-state index in [9.17, 15) is 22.0 Å². The minimum atomic E-state index is -2.29. The van der Waals surface area contributed by atoms with Crippen molar-refractivity contribution in [3.05, 3.63) is 34.6 Å². The first-order valence-electron chi connectivity index (χ1n) is 9.69. The molecular weight excluding hydrogens is 535 g/mol. The van der Waals surface area contributed by atoms with Crippen LogP contribution < -0.4 is 0 Å². The van der Waals surface area contributed by atoms with Crippen LogP contribution in [0.15, 0.2) is 20.4 Å². The normalized spacial score (nSPS) is 13.2. The van der Waals surface area contributed by atoms with Gasteiger partial charge >= 0.3 is 17.1 Å². The molecule has 0 fully saturated rings. The van der Waals surface area contributed by atoms with E-state index in [1.165, 1.54) is 6.92 Å². The first-order valence-corrected chi connectivity index (χ1v) is 10.5. The summed E-state index contributed by atoms with van der Waals surface area (Å²) in [6.45, 7) is 10.5. The van der Waals surface area contributed by atoms with Gasteiger partial charge in [-0.2, -0.15) is 15.3 Å². The molecule has 0 aromatic heterocycles. The predicted molar refractivity (Wildman–Crippen MR) is 121 cm³/mol. The molecular formula is C19H23CuF5N6S2. The number of hydrogen-bond donors (Lipinski definition) is 0. The summed E-state index contributed by atoms with van der Waals surface area (Å²) in [6.07, 6.45) is 0. The Morgan fingerprint density at radius 2 is 0.970 bits per heavy atom. The van der Waals surface area contributed by atoms with E-state index in [0.29, 0.717) is 26.2 Å². The van der Waals surface area contributed by atoms with Crippen LogP contribution in [0.25, 0.3) is 0 Å². The van der Waals surface area contributed by atoms with Crippen molar-refractivity contribution >= 4 is 47.0 Å². The fourth-order valence-electron chi connectivity index (χ4n) is 2.49. The first-order chi connectivity index (χ1) is 15.0. The van der Waals surface area contributed by atoms with Gasteiger partial charge in [-0.15, -0.1) is 5.10 Å². The quantitative estimate of drug-likeness (QED) is 0.0710. The second kappa shape index (κ2) is 14.4. The molecule has 187 valence electrons. The van der Waals surface area contributed by atoms with Gasteiger partial charge in [-0.3, -0.25) is 0 Å². The fraction of sp³-hybridized carbons (Fsp3) is 0.474. The molecule has 0 unspecified atom stereocenters. The number of halogens is 5. The van der Waals surface area contributed by atoms with Crippen LogP contribution in [0.2, 0.25) is 0 Å². The van der Waals surface area contributed by atoms with Crippen LogP contribution in [0.1, 0.15) is 40.2 Å². The molecule has 1 radical (unpaired) electrons. The number of hydrogen-bond acceptors (Lipinski definition) is 6. The Labute approximate surface area is 211 Å². The van der Waals surface area contributed by atoms with Crippen LogP contribution >= 0.6 is 0 Å². The number of nitrogens with zero attached hydrogens (tertiary/aromatic N) is 6. The van der Waals surface area contributed by atoms with Crippen LogP contribution in [-0.2, 0) is 42.3 Å². The molecule has 0 amide bonds. The van der Waals surface area contributed by atoms with Gasteiger partial charge < -0.3 is 35.1 Å². The van der Waals surface area contributed by atoms with Crippen molar-refractivity contribution in [3.63, 3.8) is 0 Å². The van der Waals surface area contributed by atoms with E-state index >= 15 is 0 Å². The topological polar surface area (TPSA) is 55.9 Å². The van der Waals surface area contributed by atoms with Crippen molar-refractivity contribution in [2.24, 2.45) is 20.4 Å². The van der Waals surface area contributed by atoms with Gasteiger partial charge in [-0.05, 0) is 34.6 Å². The summed E-state index contributed by atoms with van der Waals surface area (Å²) in [6, 6.07) is 0. The fourth-order valence-corrected chi connectivity index (χ4v) is 3.09. The maximum Gasteiger partial charge on any atom is 2.00 e. The molecule has 0 atom stereocenters. The van der Waals surface area contributed by atoms with Gasteiger partial charge in [0.2, 0.25) is 5.82 Å².